The topological polar surface area (TPSA) is 68.7 Å². The molecule has 8 heteroatoms. The molecule has 0 bridgehead atoms. The highest BCUT2D eigenvalue weighted by Gasteiger charge is 2.13. The summed E-state index contributed by atoms with van der Waals surface area (Å²) in [6, 6.07) is 11.9. The van der Waals surface area contributed by atoms with Crippen LogP contribution in [0.1, 0.15) is 18.1 Å². The van der Waals surface area contributed by atoms with Gasteiger partial charge in [0.2, 0.25) is 0 Å². The molecule has 1 heterocycles. The highest BCUT2D eigenvalue weighted by molar-refractivity contribution is 6.36. The van der Waals surface area contributed by atoms with Crippen molar-refractivity contribution in [3.05, 3.63) is 75.0 Å². The van der Waals surface area contributed by atoms with Crippen molar-refractivity contribution in [2.24, 2.45) is 0 Å². The number of phenols is 1. The molecule has 156 valence electrons. The van der Waals surface area contributed by atoms with Crippen molar-refractivity contribution in [3.8, 4) is 22.6 Å². The summed E-state index contributed by atoms with van der Waals surface area (Å²) in [5, 5.41) is 11.4. The molecule has 30 heavy (non-hydrogen) atoms. The quantitative estimate of drug-likeness (QED) is 0.344. The van der Waals surface area contributed by atoms with Gasteiger partial charge in [-0.2, -0.15) is 0 Å². The third kappa shape index (κ3) is 5.57. The minimum atomic E-state index is -0.471. The molecule has 0 unspecified atom stereocenters. The minimum Gasteiger partial charge on any atom is -0.507 e. The number of aromatic hydroxyl groups is 1. The molecule has 1 aromatic heterocycles. The standard InChI is InChI=1S/C22H18Cl3NO4/c1-2-29-22(28)12-30-15-10-18(23)17(19(24)11-15)8-13-3-4-20(27)16(7-13)14-5-6-26-21(25)9-14/h3-7,9-11,27H,2,8,12H2,1H3. The molecule has 0 fully saturated rings. The summed E-state index contributed by atoms with van der Waals surface area (Å²) in [5.41, 5.74) is 2.96. The second-order valence-corrected chi connectivity index (χ2v) is 7.56. The smallest absolute Gasteiger partial charge is 0.344 e. The Morgan fingerprint density at radius 2 is 1.80 bits per heavy atom. The molecule has 0 atom stereocenters. The van der Waals surface area contributed by atoms with Gasteiger partial charge in [0, 0.05) is 28.2 Å². The molecule has 1 N–H and O–H groups in total. The molecule has 0 saturated carbocycles. The molecule has 0 amide bonds. The van der Waals surface area contributed by atoms with E-state index in [4.69, 9.17) is 44.3 Å². The average Bonchev–Trinajstić information content (AvgIpc) is 2.70. The first-order chi connectivity index (χ1) is 14.4. The van der Waals surface area contributed by atoms with E-state index in [0.717, 1.165) is 11.1 Å². The largest absolute Gasteiger partial charge is 0.507 e. The Morgan fingerprint density at radius 3 is 2.47 bits per heavy atom. The van der Waals surface area contributed by atoms with Gasteiger partial charge in [-0.15, -0.1) is 0 Å². The van der Waals surface area contributed by atoms with Crippen molar-refractivity contribution >= 4 is 40.8 Å². The number of phenolic OH excluding ortho intramolecular Hbond substituents is 1. The number of esters is 1. The maximum Gasteiger partial charge on any atom is 0.344 e. The van der Waals surface area contributed by atoms with Crippen molar-refractivity contribution in [2.45, 2.75) is 13.3 Å². The molecule has 2 aromatic carbocycles. The van der Waals surface area contributed by atoms with Gasteiger partial charge in [0.15, 0.2) is 6.61 Å². The second kappa shape index (κ2) is 10.0. The molecule has 3 aromatic rings. The average molecular weight is 467 g/mol. The number of halogens is 3. The number of carbonyl (C=O) groups is 1. The number of rotatable bonds is 7. The summed E-state index contributed by atoms with van der Waals surface area (Å²) < 4.78 is 10.2. The van der Waals surface area contributed by atoms with Crippen LogP contribution in [0.25, 0.3) is 11.1 Å². The van der Waals surface area contributed by atoms with Crippen molar-refractivity contribution in [3.63, 3.8) is 0 Å². The summed E-state index contributed by atoms with van der Waals surface area (Å²) in [7, 11) is 0. The first kappa shape index (κ1) is 22.2. The molecular weight excluding hydrogens is 449 g/mol. The summed E-state index contributed by atoms with van der Waals surface area (Å²) in [5.74, 6) is 0.0298. The van der Waals surface area contributed by atoms with E-state index in [1.807, 2.05) is 6.07 Å². The van der Waals surface area contributed by atoms with Gasteiger partial charge < -0.3 is 14.6 Å². The zero-order valence-corrected chi connectivity index (χ0v) is 18.3. The Kier molecular flexibility index (Phi) is 7.43. The Labute approximate surface area is 189 Å². The predicted octanol–water partition coefficient (Wildman–Crippen LogP) is 5.95. The van der Waals surface area contributed by atoms with Crippen LogP contribution in [0, 0.1) is 0 Å². The van der Waals surface area contributed by atoms with E-state index < -0.39 is 5.97 Å². The highest BCUT2D eigenvalue weighted by Crippen LogP contribution is 2.35. The lowest BCUT2D eigenvalue weighted by atomic mass is 9.98. The fraction of sp³-hybridized carbons (Fsp3) is 0.182. The number of benzene rings is 2. The van der Waals surface area contributed by atoms with Crippen LogP contribution in [0.4, 0.5) is 0 Å². The van der Waals surface area contributed by atoms with Crippen LogP contribution in [0.15, 0.2) is 48.7 Å². The predicted molar refractivity (Wildman–Crippen MR) is 118 cm³/mol. The minimum absolute atomic E-state index is 0.126. The lowest BCUT2D eigenvalue weighted by Gasteiger charge is -2.13. The number of hydrogen-bond acceptors (Lipinski definition) is 5. The van der Waals surface area contributed by atoms with Gasteiger partial charge in [0.25, 0.3) is 0 Å². The number of nitrogens with zero attached hydrogens (tertiary/aromatic N) is 1. The molecule has 0 radical (unpaired) electrons. The van der Waals surface area contributed by atoms with E-state index in [-0.39, 0.29) is 19.0 Å². The normalized spacial score (nSPS) is 10.7. The van der Waals surface area contributed by atoms with Crippen molar-refractivity contribution in [2.75, 3.05) is 13.2 Å². The number of carbonyl (C=O) groups excluding carboxylic acids is 1. The zero-order valence-electron chi connectivity index (χ0n) is 16.0. The SMILES string of the molecule is CCOC(=O)COc1cc(Cl)c(Cc2ccc(O)c(-c3ccnc(Cl)c3)c2)c(Cl)c1. The summed E-state index contributed by atoms with van der Waals surface area (Å²) in [4.78, 5) is 15.4. The van der Waals surface area contributed by atoms with Gasteiger partial charge in [-0.1, -0.05) is 40.9 Å². The Morgan fingerprint density at radius 1 is 1.07 bits per heavy atom. The fourth-order valence-electron chi connectivity index (χ4n) is 2.88. The van der Waals surface area contributed by atoms with Crippen LogP contribution < -0.4 is 4.74 Å². The third-order valence-corrected chi connectivity index (χ3v) is 5.14. The van der Waals surface area contributed by atoms with Crippen molar-refractivity contribution < 1.29 is 19.4 Å². The van der Waals surface area contributed by atoms with Crippen LogP contribution in [0.2, 0.25) is 15.2 Å². The molecule has 0 aliphatic heterocycles. The van der Waals surface area contributed by atoms with Crippen LogP contribution in [0.3, 0.4) is 0 Å². The molecule has 0 aliphatic carbocycles. The maximum absolute atomic E-state index is 11.4. The number of hydrogen-bond donors (Lipinski definition) is 1. The number of ether oxygens (including phenoxy) is 2. The molecule has 0 saturated heterocycles. The Bertz CT molecular complexity index is 1050. The van der Waals surface area contributed by atoms with Crippen LogP contribution >= 0.6 is 34.8 Å². The van der Waals surface area contributed by atoms with E-state index in [0.29, 0.717) is 38.5 Å². The summed E-state index contributed by atoms with van der Waals surface area (Å²) >= 11 is 18.8. The number of aromatic nitrogens is 1. The van der Waals surface area contributed by atoms with Crippen molar-refractivity contribution in [1.82, 2.24) is 4.98 Å². The third-order valence-electron chi connectivity index (χ3n) is 4.26. The van der Waals surface area contributed by atoms with Gasteiger partial charge in [-0.05, 0) is 60.0 Å². The maximum atomic E-state index is 11.4. The van der Waals surface area contributed by atoms with Crippen LogP contribution in [-0.2, 0) is 16.0 Å². The molecule has 0 spiro atoms. The van der Waals surface area contributed by atoms with Gasteiger partial charge >= 0.3 is 5.97 Å². The molecule has 3 rings (SSSR count). The first-order valence-corrected chi connectivity index (χ1v) is 10.2. The first-order valence-electron chi connectivity index (χ1n) is 9.07. The molecule has 5 nitrogen and oxygen atoms in total. The Balaban J connectivity index is 1.82. The zero-order chi connectivity index (χ0) is 21.7. The van der Waals surface area contributed by atoms with Gasteiger partial charge in [0.05, 0.1) is 6.61 Å². The van der Waals surface area contributed by atoms with Crippen LogP contribution in [0.5, 0.6) is 11.5 Å². The lowest BCUT2D eigenvalue weighted by Crippen LogP contribution is -2.14. The van der Waals surface area contributed by atoms with E-state index in [1.54, 1.807) is 49.5 Å². The Hall–Kier alpha value is -2.47. The van der Waals surface area contributed by atoms with E-state index in [1.165, 1.54) is 0 Å². The fourth-order valence-corrected chi connectivity index (χ4v) is 3.65. The van der Waals surface area contributed by atoms with E-state index >= 15 is 0 Å². The van der Waals surface area contributed by atoms with Gasteiger partial charge in [0.1, 0.15) is 16.7 Å². The molecular formula is C22H18Cl3NO4. The second-order valence-electron chi connectivity index (χ2n) is 6.35. The molecule has 0 aliphatic rings. The monoisotopic (exact) mass is 465 g/mol. The van der Waals surface area contributed by atoms with Gasteiger partial charge in [-0.3, -0.25) is 0 Å². The lowest BCUT2D eigenvalue weighted by molar-refractivity contribution is -0.145. The number of pyridine rings is 1. The summed E-state index contributed by atoms with van der Waals surface area (Å²) in [6.07, 6.45) is 2.01. The highest BCUT2D eigenvalue weighted by atomic mass is 35.5. The van der Waals surface area contributed by atoms with E-state index in [9.17, 15) is 9.90 Å². The van der Waals surface area contributed by atoms with E-state index in [2.05, 4.69) is 4.98 Å². The van der Waals surface area contributed by atoms with Crippen molar-refractivity contribution in [1.29, 1.82) is 0 Å². The van der Waals surface area contributed by atoms with Crippen LogP contribution in [-0.4, -0.2) is 29.3 Å². The summed E-state index contributed by atoms with van der Waals surface area (Å²) in [6.45, 7) is 1.77. The van der Waals surface area contributed by atoms with Gasteiger partial charge in [-0.25, -0.2) is 9.78 Å².